The number of hydrogen-bond acceptors (Lipinski definition) is 3. The molecule has 0 amide bonds. The van der Waals surface area contributed by atoms with Crippen molar-refractivity contribution in [1.82, 2.24) is 0 Å². The Morgan fingerprint density at radius 2 is 2.00 bits per heavy atom. The summed E-state index contributed by atoms with van der Waals surface area (Å²) in [4.78, 5) is 11.3. The van der Waals surface area contributed by atoms with Crippen LogP contribution >= 0.6 is 0 Å². The zero-order chi connectivity index (χ0) is 11.0. The molecule has 1 unspecified atom stereocenters. The van der Waals surface area contributed by atoms with Gasteiger partial charge in [0.1, 0.15) is 0 Å². The molecule has 0 aromatic rings. The molecule has 2 N–H and O–H groups in total. The lowest BCUT2D eigenvalue weighted by atomic mass is 9.97. The Kier molecular flexibility index (Phi) is 7.48. The van der Waals surface area contributed by atoms with Crippen molar-refractivity contribution in [3.05, 3.63) is 0 Å². The molecule has 0 aromatic heterocycles. The molecule has 0 saturated heterocycles. The van der Waals surface area contributed by atoms with Crippen molar-refractivity contribution in [1.29, 1.82) is 0 Å². The number of ether oxygens (including phenoxy) is 1. The van der Waals surface area contributed by atoms with Crippen molar-refractivity contribution < 1.29 is 9.53 Å². The molecule has 0 fully saturated rings. The number of hydrogen-bond donors (Lipinski definition) is 1. The van der Waals surface area contributed by atoms with E-state index < -0.39 is 0 Å². The van der Waals surface area contributed by atoms with Gasteiger partial charge in [-0.05, 0) is 13.3 Å². The van der Waals surface area contributed by atoms with Gasteiger partial charge in [0.15, 0.2) is 0 Å². The van der Waals surface area contributed by atoms with E-state index in [0.717, 1.165) is 12.8 Å². The zero-order valence-electron chi connectivity index (χ0n) is 9.58. The summed E-state index contributed by atoms with van der Waals surface area (Å²) in [6.07, 6.45) is 4.37. The monoisotopic (exact) mass is 201 g/mol. The zero-order valence-corrected chi connectivity index (χ0v) is 9.58. The van der Waals surface area contributed by atoms with Gasteiger partial charge in [0, 0.05) is 6.04 Å². The molecular formula is C11H23NO2. The van der Waals surface area contributed by atoms with Crippen LogP contribution in [0, 0.1) is 5.92 Å². The first-order valence-electron chi connectivity index (χ1n) is 5.55. The molecule has 14 heavy (non-hydrogen) atoms. The highest BCUT2D eigenvalue weighted by molar-refractivity contribution is 5.72. The highest BCUT2D eigenvalue weighted by Crippen LogP contribution is 2.11. The Morgan fingerprint density at radius 1 is 1.36 bits per heavy atom. The van der Waals surface area contributed by atoms with Gasteiger partial charge in [0.25, 0.3) is 0 Å². The molecule has 0 heterocycles. The smallest absolute Gasteiger partial charge is 0.310 e. The minimum Gasteiger partial charge on any atom is -0.466 e. The Morgan fingerprint density at radius 3 is 2.50 bits per heavy atom. The van der Waals surface area contributed by atoms with Crippen LogP contribution in [-0.4, -0.2) is 18.6 Å². The maximum atomic E-state index is 11.3. The maximum absolute atomic E-state index is 11.3. The second-order valence-corrected chi connectivity index (χ2v) is 3.70. The Labute approximate surface area is 87.0 Å². The van der Waals surface area contributed by atoms with Crippen molar-refractivity contribution in [3.8, 4) is 0 Å². The molecule has 0 aliphatic carbocycles. The van der Waals surface area contributed by atoms with Crippen molar-refractivity contribution >= 4 is 5.97 Å². The second kappa shape index (κ2) is 7.80. The van der Waals surface area contributed by atoms with Crippen molar-refractivity contribution in [2.45, 2.75) is 52.5 Å². The summed E-state index contributed by atoms with van der Waals surface area (Å²) < 4.78 is 4.91. The molecule has 0 spiro atoms. The highest BCUT2D eigenvalue weighted by Gasteiger charge is 2.20. The summed E-state index contributed by atoms with van der Waals surface area (Å²) in [7, 11) is 0. The van der Waals surface area contributed by atoms with E-state index in [2.05, 4.69) is 6.92 Å². The van der Waals surface area contributed by atoms with Crippen LogP contribution in [0.2, 0.25) is 0 Å². The van der Waals surface area contributed by atoms with Crippen LogP contribution in [0.4, 0.5) is 0 Å². The Bertz CT molecular complexity index is 159. The van der Waals surface area contributed by atoms with Crippen LogP contribution < -0.4 is 5.73 Å². The second-order valence-electron chi connectivity index (χ2n) is 3.70. The lowest BCUT2D eigenvalue weighted by Crippen LogP contribution is -2.34. The number of esters is 1. The first-order valence-corrected chi connectivity index (χ1v) is 5.55. The molecule has 3 heteroatoms. The lowest BCUT2D eigenvalue weighted by molar-refractivity contribution is -0.148. The number of carbonyl (C=O) groups is 1. The van der Waals surface area contributed by atoms with Crippen LogP contribution in [0.25, 0.3) is 0 Å². The van der Waals surface area contributed by atoms with Gasteiger partial charge in [-0.2, -0.15) is 0 Å². The molecule has 0 aliphatic heterocycles. The van der Waals surface area contributed by atoms with Crippen LogP contribution in [0.1, 0.15) is 46.5 Å². The fourth-order valence-corrected chi connectivity index (χ4v) is 1.33. The standard InChI is InChI=1S/C11H23NO2/c1-4-6-7-8-10(12)9(3)11(13)14-5-2/h9-10H,4-8,12H2,1-3H3/t9-,10?/m0/s1. The molecule has 2 atom stereocenters. The summed E-state index contributed by atoms with van der Waals surface area (Å²) in [6.45, 7) is 6.24. The SMILES string of the molecule is CCCCCC(N)[C@H](C)C(=O)OCC. The summed E-state index contributed by atoms with van der Waals surface area (Å²) in [5.41, 5.74) is 5.89. The first-order chi connectivity index (χ1) is 6.63. The van der Waals surface area contributed by atoms with E-state index in [1.807, 2.05) is 13.8 Å². The van der Waals surface area contributed by atoms with Gasteiger partial charge < -0.3 is 10.5 Å². The van der Waals surface area contributed by atoms with Crippen LogP contribution in [0.5, 0.6) is 0 Å². The summed E-state index contributed by atoms with van der Waals surface area (Å²) in [6, 6.07) is -0.0550. The van der Waals surface area contributed by atoms with E-state index >= 15 is 0 Å². The molecule has 0 bridgehead atoms. The molecule has 0 saturated carbocycles. The van der Waals surface area contributed by atoms with Crippen molar-refractivity contribution in [2.75, 3.05) is 6.61 Å². The van der Waals surface area contributed by atoms with E-state index in [-0.39, 0.29) is 17.9 Å². The number of nitrogens with two attached hydrogens (primary N) is 1. The average Bonchev–Trinajstić information content (AvgIpc) is 2.17. The van der Waals surface area contributed by atoms with Gasteiger partial charge in [-0.15, -0.1) is 0 Å². The van der Waals surface area contributed by atoms with Gasteiger partial charge >= 0.3 is 5.97 Å². The normalized spacial score (nSPS) is 14.9. The van der Waals surface area contributed by atoms with Crippen molar-refractivity contribution in [2.24, 2.45) is 11.7 Å². The summed E-state index contributed by atoms with van der Waals surface area (Å²) >= 11 is 0. The minimum atomic E-state index is -0.174. The Hall–Kier alpha value is -0.570. The number of unbranched alkanes of at least 4 members (excludes halogenated alkanes) is 2. The fourth-order valence-electron chi connectivity index (χ4n) is 1.33. The van der Waals surface area contributed by atoms with E-state index in [1.54, 1.807) is 0 Å². The van der Waals surface area contributed by atoms with E-state index in [1.165, 1.54) is 12.8 Å². The molecular weight excluding hydrogens is 178 g/mol. The fraction of sp³-hybridized carbons (Fsp3) is 0.909. The quantitative estimate of drug-likeness (QED) is 0.507. The molecule has 3 nitrogen and oxygen atoms in total. The highest BCUT2D eigenvalue weighted by atomic mass is 16.5. The van der Waals surface area contributed by atoms with Gasteiger partial charge in [-0.3, -0.25) is 4.79 Å². The Balaban J connectivity index is 3.74. The molecule has 84 valence electrons. The number of rotatable bonds is 7. The van der Waals surface area contributed by atoms with E-state index in [9.17, 15) is 4.79 Å². The maximum Gasteiger partial charge on any atom is 0.310 e. The van der Waals surface area contributed by atoms with Gasteiger partial charge in [0.2, 0.25) is 0 Å². The third-order valence-electron chi connectivity index (χ3n) is 2.44. The van der Waals surface area contributed by atoms with Crippen LogP contribution in [-0.2, 0) is 9.53 Å². The minimum absolute atomic E-state index is 0.0550. The van der Waals surface area contributed by atoms with Crippen LogP contribution in [0.3, 0.4) is 0 Å². The predicted molar refractivity (Wildman–Crippen MR) is 57.9 cm³/mol. The third kappa shape index (κ3) is 5.22. The molecule has 0 radical (unpaired) electrons. The van der Waals surface area contributed by atoms with Gasteiger partial charge in [-0.25, -0.2) is 0 Å². The van der Waals surface area contributed by atoms with E-state index in [4.69, 9.17) is 10.5 Å². The van der Waals surface area contributed by atoms with Gasteiger partial charge in [0.05, 0.1) is 12.5 Å². The van der Waals surface area contributed by atoms with Crippen molar-refractivity contribution in [3.63, 3.8) is 0 Å². The predicted octanol–water partition coefficient (Wildman–Crippen LogP) is 2.09. The molecule has 0 aromatic carbocycles. The third-order valence-corrected chi connectivity index (χ3v) is 2.44. The van der Waals surface area contributed by atoms with E-state index in [0.29, 0.717) is 6.61 Å². The molecule has 0 rings (SSSR count). The first kappa shape index (κ1) is 13.4. The van der Waals surface area contributed by atoms with Crippen LogP contribution in [0.15, 0.2) is 0 Å². The number of carbonyl (C=O) groups excluding carboxylic acids is 1. The van der Waals surface area contributed by atoms with Gasteiger partial charge in [-0.1, -0.05) is 33.1 Å². The largest absolute Gasteiger partial charge is 0.466 e. The summed E-state index contributed by atoms with van der Waals surface area (Å²) in [5.74, 6) is -0.344. The lowest BCUT2D eigenvalue weighted by Gasteiger charge is -2.17. The average molecular weight is 201 g/mol. The summed E-state index contributed by atoms with van der Waals surface area (Å²) in [5, 5.41) is 0. The molecule has 0 aliphatic rings. The topological polar surface area (TPSA) is 52.3 Å².